The Kier molecular flexibility index (Phi) is 5.33. The summed E-state index contributed by atoms with van der Waals surface area (Å²) in [7, 11) is 0. The van der Waals surface area contributed by atoms with Crippen molar-refractivity contribution in [1.29, 1.82) is 0 Å². The minimum Gasteiger partial charge on any atom is -0.392 e. The molecule has 2 rings (SSSR count). The molecule has 0 aromatic carbocycles. The van der Waals surface area contributed by atoms with Gasteiger partial charge >= 0.3 is 0 Å². The molecule has 2 amide bonds. The van der Waals surface area contributed by atoms with Gasteiger partial charge in [-0.1, -0.05) is 0 Å². The van der Waals surface area contributed by atoms with Crippen molar-refractivity contribution in [3.8, 4) is 0 Å². The lowest BCUT2D eigenvalue weighted by atomic mass is 9.96. The number of rotatable bonds is 3. The Balaban J connectivity index is 1.75. The quantitative estimate of drug-likeness (QED) is 0.339. The third-order valence-electron chi connectivity index (χ3n) is 4.20. The fourth-order valence-electron chi connectivity index (χ4n) is 2.97. The monoisotopic (exact) mass is 284 g/mol. The van der Waals surface area contributed by atoms with Crippen LogP contribution in [-0.4, -0.2) is 65.5 Å². The molecule has 0 aliphatic carbocycles. The summed E-state index contributed by atoms with van der Waals surface area (Å²) in [4.78, 5) is 27.4. The Hall–Kier alpha value is -1.18. The van der Waals surface area contributed by atoms with Gasteiger partial charge in [0.15, 0.2) is 0 Å². The zero-order valence-electron chi connectivity index (χ0n) is 11.8. The van der Waals surface area contributed by atoms with E-state index in [1.54, 1.807) is 4.90 Å². The van der Waals surface area contributed by atoms with Gasteiger partial charge < -0.3 is 10.0 Å². The molecule has 1 unspecified atom stereocenters. The number of piperidine rings is 2. The number of likely N-dealkylation sites (tertiary alicyclic amines) is 2. The van der Waals surface area contributed by atoms with Crippen LogP contribution in [0.4, 0.5) is 0 Å². The van der Waals surface area contributed by atoms with Gasteiger partial charge in [0.1, 0.15) is 0 Å². The lowest BCUT2D eigenvalue weighted by Crippen LogP contribution is -2.49. The zero-order valence-corrected chi connectivity index (χ0v) is 11.8. The molecule has 0 aromatic rings. The Bertz CT molecular complexity index is 356. The Labute approximate surface area is 119 Å². The maximum absolute atomic E-state index is 12.2. The highest BCUT2D eigenvalue weighted by atomic mass is 16.3. The molecular formula is C13H24N4O3. The fourth-order valence-corrected chi connectivity index (χ4v) is 2.97. The van der Waals surface area contributed by atoms with Crippen LogP contribution in [0.25, 0.3) is 0 Å². The van der Waals surface area contributed by atoms with Crippen molar-refractivity contribution in [3.05, 3.63) is 0 Å². The van der Waals surface area contributed by atoms with E-state index in [1.165, 1.54) is 0 Å². The molecule has 4 N–H and O–H groups in total. The van der Waals surface area contributed by atoms with Crippen molar-refractivity contribution in [2.75, 3.05) is 32.7 Å². The molecule has 2 aliphatic heterocycles. The number of hydrogen-bond donors (Lipinski definition) is 3. The van der Waals surface area contributed by atoms with Crippen molar-refractivity contribution < 1.29 is 14.7 Å². The smallest absolute Gasteiger partial charge is 0.237 e. The molecule has 114 valence electrons. The molecule has 2 saturated heterocycles. The predicted molar refractivity (Wildman–Crippen MR) is 73.3 cm³/mol. The lowest BCUT2D eigenvalue weighted by molar-refractivity contribution is -0.137. The molecule has 0 saturated carbocycles. The van der Waals surface area contributed by atoms with E-state index in [9.17, 15) is 14.7 Å². The van der Waals surface area contributed by atoms with E-state index in [4.69, 9.17) is 5.84 Å². The summed E-state index contributed by atoms with van der Waals surface area (Å²) in [5.41, 5.74) is 2.17. The number of amides is 2. The summed E-state index contributed by atoms with van der Waals surface area (Å²) >= 11 is 0. The SMILES string of the molecule is NNC(=O)C1CCN(C(=O)CN2CCCC(O)C2)CC1. The second-order valence-corrected chi connectivity index (χ2v) is 5.69. The van der Waals surface area contributed by atoms with Gasteiger partial charge in [-0.2, -0.15) is 0 Å². The largest absolute Gasteiger partial charge is 0.392 e. The minimum atomic E-state index is -0.310. The van der Waals surface area contributed by atoms with Gasteiger partial charge in [-0.25, -0.2) is 5.84 Å². The molecule has 20 heavy (non-hydrogen) atoms. The van der Waals surface area contributed by atoms with Gasteiger partial charge in [-0.15, -0.1) is 0 Å². The molecule has 0 aromatic heterocycles. The molecule has 0 radical (unpaired) electrons. The van der Waals surface area contributed by atoms with Crippen molar-refractivity contribution in [2.24, 2.45) is 11.8 Å². The number of hydrazine groups is 1. The van der Waals surface area contributed by atoms with Crippen LogP contribution in [0.5, 0.6) is 0 Å². The van der Waals surface area contributed by atoms with Gasteiger partial charge in [-0.05, 0) is 32.2 Å². The first-order valence-corrected chi connectivity index (χ1v) is 7.29. The van der Waals surface area contributed by atoms with E-state index in [0.29, 0.717) is 39.0 Å². The van der Waals surface area contributed by atoms with Crippen molar-refractivity contribution in [2.45, 2.75) is 31.8 Å². The summed E-state index contributed by atoms with van der Waals surface area (Å²) in [5, 5.41) is 9.60. The number of hydrogen-bond acceptors (Lipinski definition) is 5. The topological polar surface area (TPSA) is 98.9 Å². The average molecular weight is 284 g/mol. The lowest BCUT2D eigenvalue weighted by Gasteiger charge is -2.34. The van der Waals surface area contributed by atoms with E-state index < -0.39 is 0 Å². The van der Waals surface area contributed by atoms with Gasteiger partial charge in [0, 0.05) is 25.6 Å². The van der Waals surface area contributed by atoms with E-state index in [1.807, 2.05) is 4.90 Å². The highest BCUT2D eigenvalue weighted by Gasteiger charge is 2.28. The van der Waals surface area contributed by atoms with Gasteiger partial charge in [0.2, 0.25) is 11.8 Å². The normalized spacial score (nSPS) is 25.5. The average Bonchev–Trinajstić information content (AvgIpc) is 2.46. The highest BCUT2D eigenvalue weighted by Crippen LogP contribution is 2.18. The van der Waals surface area contributed by atoms with Crippen LogP contribution < -0.4 is 11.3 Å². The summed E-state index contributed by atoms with van der Waals surface area (Å²) in [6.45, 7) is 3.03. The van der Waals surface area contributed by atoms with Crippen LogP contribution in [0.3, 0.4) is 0 Å². The standard InChI is InChI=1S/C13H24N4O3/c14-15-13(20)10-3-6-17(7-4-10)12(19)9-16-5-1-2-11(18)8-16/h10-11,18H,1-9,14H2,(H,15,20). The van der Waals surface area contributed by atoms with Crippen LogP contribution in [-0.2, 0) is 9.59 Å². The number of aliphatic hydroxyl groups excluding tert-OH is 1. The van der Waals surface area contributed by atoms with Gasteiger partial charge in [-0.3, -0.25) is 19.9 Å². The van der Waals surface area contributed by atoms with Crippen molar-refractivity contribution in [3.63, 3.8) is 0 Å². The second kappa shape index (κ2) is 7.01. The summed E-state index contributed by atoms with van der Waals surface area (Å²) < 4.78 is 0. The number of carbonyl (C=O) groups excluding carboxylic acids is 2. The fraction of sp³-hybridized carbons (Fsp3) is 0.846. The Morgan fingerprint density at radius 1 is 1.20 bits per heavy atom. The van der Waals surface area contributed by atoms with Crippen LogP contribution in [0.15, 0.2) is 0 Å². The van der Waals surface area contributed by atoms with Crippen LogP contribution >= 0.6 is 0 Å². The van der Waals surface area contributed by atoms with Crippen LogP contribution in [0, 0.1) is 5.92 Å². The van der Waals surface area contributed by atoms with E-state index in [2.05, 4.69) is 5.43 Å². The molecule has 2 aliphatic rings. The molecule has 7 heteroatoms. The van der Waals surface area contributed by atoms with Crippen LogP contribution in [0.1, 0.15) is 25.7 Å². The number of β-amino-alcohol motifs (C(OH)–C–C–N with tert-alkyl or cyclic N) is 1. The molecular weight excluding hydrogens is 260 g/mol. The van der Waals surface area contributed by atoms with E-state index in [-0.39, 0.29) is 23.8 Å². The van der Waals surface area contributed by atoms with Crippen molar-refractivity contribution in [1.82, 2.24) is 15.2 Å². The number of nitrogens with two attached hydrogens (primary N) is 1. The van der Waals surface area contributed by atoms with Gasteiger partial charge in [0.25, 0.3) is 0 Å². The Morgan fingerprint density at radius 2 is 1.90 bits per heavy atom. The number of carbonyl (C=O) groups is 2. The summed E-state index contributed by atoms with van der Waals surface area (Å²) in [5.74, 6) is 4.99. The highest BCUT2D eigenvalue weighted by molar-refractivity contribution is 5.80. The molecule has 0 bridgehead atoms. The Morgan fingerprint density at radius 3 is 2.50 bits per heavy atom. The molecule has 2 fully saturated rings. The van der Waals surface area contributed by atoms with E-state index in [0.717, 1.165) is 19.4 Å². The van der Waals surface area contributed by atoms with Crippen LogP contribution in [0.2, 0.25) is 0 Å². The zero-order chi connectivity index (χ0) is 14.5. The molecule has 2 heterocycles. The maximum Gasteiger partial charge on any atom is 0.237 e. The summed E-state index contributed by atoms with van der Waals surface area (Å²) in [6, 6.07) is 0. The number of nitrogens with zero attached hydrogens (tertiary/aromatic N) is 2. The number of aliphatic hydroxyl groups is 1. The number of nitrogens with one attached hydrogen (secondary N) is 1. The second-order valence-electron chi connectivity index (χ2n) is 5.69. The van der Waals surface area contributed by atoms with Crippen molar-refractivity contribution >= 4 is 11.8 Å². The predicted octanol–water partition coefficient (Wildman–Crippen LogP) is -1.33. The molecule has 0 spiro atoms. The first kappa shape index (κ1) is 15.2. The molecule has 1 atom stereocenters. The third kappa shape index (κ3) is 3.91. The first-order valence-electron chi connectivity index (χ1n) is 7.29. The molecule has 7 nitrogen and oxygen atoms in total. The third-order valence-corrected chi connectivity index (χ3v) is 4.20. The summed E-state index contributed by atoms with van der Waals surface area (Å²) in [6.07, 6.45) is 2.78. The first-order chi connectivity index (χ1) is 9.60. The minimum absolute atomic E-state index is 0.0825. The van der Waals surface area contributed by atoms with Gasteiger partial charge in [0.05, 0.1) is 12.6 Å². The van der Waals surface area contributed by atoms with E-state index >= 15 is 0 Å². The maximum atomic E-state index is 12.2.